The third kappa shape index (κ3) is 4.66. The van der Waals surface area contributed by atoms with Gasteiger partial charge in [0.05, 0.1) is 6.04 Å². The van der Waals surface area contributed by atoms with Crippen LogP contribution < -0.4 is 15.5 Å². The summed E-state index contributed by atoms with van der Waals surface area (Å²) in [7, 11) is 0. The van der Waals surface area contributed by atoms with Gasteiger partial charge in [0.1, 0.15) is 0 Å². The van der Waals surface area contributed by atoms with E-state index >= 15 is 0 Å². The Balaban J connectivity index is 1.62. The number of anilines is 2. The maximum absolute atomic E-state index is 11.9. The predicted octanol–water partition coefficient (Wildman–Crippen LogP) is 4.87. The van der Waals surface area contributed by atoms with E-state index in [1.165, 1.54) is 16.7 Å². The first kappa shape index (κ1) is 19.4. The number of benzene rings is 2. The number of nitrogens with zero attached hydrogens (tertiary/aromatic N) is 1. The summed E-state index contributed by atoms with van der Waals surface area (Å²) in [6.07, 6.45) is 2.52. The van der Waals surface area contributed by atoms with Crippen LogP contribution in [-0.2, 0) is 4.79 Å². The first-order chi connectivity index (χ1) is 13.0. The maximum atomic E-state index is 11.9. The molecule has 5 heteroatoms. The summed E-state index contributed by atoms with van der Waals surface area (Å²) in [5.74, 6) is 0.201. The number of amides is 1. The van der Waals surface area contributed by atoms with Crippen LogP contribution in [0.4, 0.5) is 11.4 Å². The lowest BCUT2D eigenvalue weighted by molar-refractivity contribution is -0.117. The Morgan fingerprint density at radius 2 is 1.89 bits per heavy atom. The first-order valence-corrected chi connectivity index (χ1v) is 9.94. The van der Waals surface area contributed by atoms with Crippen molar-refractivity contribution in [1.82, 2.24) is 5.32 Å². The molecule has 0 bridgehead atoms. The summed E-state index contributed by atoms with van der Waals surface area (Å²) < 4.78 is 0. The standard InChI is InChI=1S/C22H27N3OS/c1-4-20(17-8-7-15(2)16(3)14-17)24-22(27)23-18-9-11-19(12-10-18)25-13-5-6-21(25)26/h7-12,14,20H,4-6,13H2,1-3H3,(H2,23,24,27). The van der Waals surface area contributed by atoms with Gasteiger partial charge in [0.25, 0.3) is 0 Å². The fourth-order valence-electron chi connectivity index (χ4n) is 3.37. The molecule has 1 atom stereocenters. The zero-order chi connectivity index (χ0) is 19.4. The van der Waals surface area contributed by atoms with E-state index in [1.54, 1.807) is 0 Å². The van der Waals surface area contributed by atoms with E-state index in [1.807, 2.05) is 29.2 Å². The van der Waals surface area contributed by atoms with E-state index in [0.717, 1.165) is 30.8 Å². The van der Waals surface area contributed by atoms with E-state index in [2.05, 4.69) is 49.6 Å². The monoisotopic (exact) mass is 381 g/mol. The van der Waals surface area contributed by atoms with Crippen molar-refractivity contribution in [3.05, 3.63) is 59.2 Å². The Hall–Kier alpha value is -2.40. The van der Waals surface area contributed by atoms with Crippen LogP contribution in [0.1, 0.15) is 48.9 Å². The average Bonchev–Trinajstić information content (AvgIpc) is 3.08. The van der Waals surface area contributed by atoms with E-state index in [-0.39, 0.29) is 11.9 Å². The number of rotatable bonds is 5. The fourth-order valence-corrected chi connectivity index (χ4v) is 3.63. The molecule has 3 rings (SSSR count). The van der Waals surface area contributed by atoms with Gasteiger partial charge < -0.3 is 15.5 Å². The smallest absolute Gasteiger partial charge is 0.227 e. The van der Waals surface area contributed by atoms with Crippen molar-refractivity contribution in [3.63, 3.8) is 0 Å². The van der Waals surface area contributed by atoms with Gasteiger partial charge in [-0.1, -0.05) is 25.1 Å². The van der Waals surface area contributed by atoms with Gasteiger partial charge >= 0.3 is 0 Å². The lowest BCUT2D eigenvalue weighted by Gasteiger charge is -2.21. The second-order valence-electron chi connectivity index (χ2n) is 7.10. The number of thiocarbonyl (C=S) groups is 1. The normalized spacial score (nSPS) is 14.9. The molecule has 0 spiro atoms. The molecule has 0 aliphatic carbocycles. The van der Waals surface area contributed by atoms with Crippen molar-refractivity contribution in [2.24, 2.45) is 0 Å². The van der Waals surface area contributed by atoms with Crippen molar-refractivity contribution in [3.8, 4) is 0 Å². The van der Waals surface area contributed by atoms with Gasteiger partial charge in [0, 0.05) is 24.3 Å². The van der Waals surface area contributed by atoms with Gasteiger partial charge in [-0.15, -0.1) is 0 Å². The minimum atomic E-state index is 0.172. The van der Waals surface area contributed by atoms with Crippen molar-refractivity contribution in [2.45, 2.75) is 46.1 Å². The molecular weight excluding hydrogens is 354 g/mol. The van der Waals surface area contributed by atoms with E-state index in [4.69, 9.17) is 12.2 Å². The molecule has 1 unspecified atom stereocenters. The van der Waals surface area contributed by atoms with E-state index in [0.29, 0.717) is 11.5 Å². The maximum Gasteiger partial charge on any atom is 0.227 e. The second kappa shape index (κ2) is 8.53. The highest BCUT2D eigenvalue weighted by molar-refractivity contribution is 7.80. The number of nitrogens with one attached hydrogen (secondary N) is 2. The second-order valence-corrected chi connectivity index (χ2v) is 7.51. The molecule has 0 saturated carbocycles. The van der Waals surface area contributed by atoms with Crippen LogP contribution in [0.3, 0.4) is 0 Å². The van der Waals surface area contributed by atoms with Crippen LogP contribution in [-0.4, -0.2) is 17.6 Å². The zero-order valence-corrected chi connectivity index (χ0v) is 17.0. The zero-order valence-electron chi connectivity index (χ0n) is 16.2. The van der Waals surface area contributed by atoms with Crippen LogP contribution in [0, 0.1) is 13.8 Å². The van der Waals surface area contributed by atoms with E-state index < -0.39 is 0 Å². The van der Waals surface area contributed by atoms with Gasteiger partial charge in [-0.25, -0.2) is 0 Å². The Kier molecular flexibility index (Phi) is 6.11. The molecule has 2 aromatic carbocycles. The molecule has 4 nitrogen and oxygen atoms in total. The molecule has 1 saturated heterocycles. The van der Waals surface area contributed by atoms with Gasteiger partial charge in [0.2, 0.25) is 5.91 Å². The molecule has 142 valence electrons. The number of carbonyl (C=O) groups is 1. The highest BCUT2D eigenvalue weighted by Gasteiger charge is 2.21. The molecule has 1 amide bonds. The SMILES string of the molecule is CCC(NC(=S)Nc1ccc(N2CCCC2=O)cc1)c1ccc(C)c(C)c1. The van der Waals surface area contributed by atoms with Gasteiger partial charge in [-0.05, 0) is 79.9 Å². The summed E-state index contributed by atoms with van der Waals surface area (Å²) >= 11 is 5.51. The summed E-state index contributed by atoms with van der Waals surface area (Å²) in [6.45, 7) is 7.21. The van der Waals surface area contributed by atoms with E-state index in [9.17, 15) is 4.79 Å². The molecule has 0 radical (unpaired) electrons. The molecule has 2 N–H and O–H groups in total. The topological polar surface area (TPSA) is 44.4 Å². The van der Waals surface area contributed by atoms with Gasteiger partial charge in [-0.3, -0.25) is 4.79 Å². The summed E-state index contributed by atoms with van der Waals surface area (Å²) in [5.41, 5.74) is 5.69. The van der Waals surface area contributed by atoms with Crippen LogP contribution in [0.15, 0.2) is 42.5 Å². The molecule has 27 heavy (non-hydrogen) atoms. The molecule has 0 aromatic heterocycles. The minimum Gasteiger partial charge on any atom is -0.356 e. The summed E-state index contributed by atoms with van der Waals surface area (Å²) in [4.78, 5) is 13.7. The van der Waals surface area contributed by atoms with Gasteiger partial charge in [0.15, 0.2) is 5.11 Å². The number of hydrogen-bond donors (Lipinski definition) is 2. The Labute approximate surface area is 167 Å². The molecule has 1 fully saturated rings. The number of carbonyl (C=O) groups excluding carboxylic acids is 1. The summed E-state index contributed by atoms with van der Waals surface area (Å²) in [6, 6.07) is 14.6. The Bertz CT molecular complexity index is 832. The van der Waals surface area contributed by atoms with Crippen LogP contribution in [0.2, 0.25) is 0 Å². The third-order valence-corrected chi connectivity index (χ3v) is 5.38. The first-order valence-electron chi connectivity index (χ1n) is 9.53. The lowest BCUT2D eigenvalue weighted by atomic mass is 9.99. The van der Waals surface area contributed by atoms with Crippen molar-refractivity contribution >= 4 is 34.6 Å². The predicted molar refractivity (Wildman–Crippen MR) is 116 cm³/mol. The van der Waals surface area contributed by atoms with Crippen molar-refractivity contribution in [1.29, 1.82) is 0 Å². The number of aryl methyl sites for hydroxylation is 2. The largest absolute Gasteiger partial charge is 0.356 e. The Morgan fingerprint density at radius 1 is 1.15 bits per heavy atom. The average molecular weight is 382 g/mol. The molecule has 2 aromatic rings. The highest BCUT2D eigenvalue weighted by Crippen LogP contribution is 2.24. The van der Waals surface area contributed by atoms with Crippen molar-refractivity contribution < 1.29 is 4.79 Å². The quantitative estimate of drug-likeness (QED) is 0.726. The van der Waals surface area contributed by atoms with Crippen molar-refractivity contribution in [2.75, 3.05) is 16.8 Å². The van der Waals surface area contributed by atoms with Crippen LogP contribution in [0.5, 0.6) is 0 Å². The molecule has 1 heterocycles. The van der Waals surface area contributed by atoms with Crippen LogP contribution >= 0.6 is 12.2 Å². The number of hydrogen-bond acceptors (Lipinski definition) is 2. The molecular formula is C22H27N3OS. The minimum absolute atomic E-state index is 0.172. The highest BCUT2D eigenvalue weighted by atomic mass is 32.1. The third-order valence-electron chi connectivity index (χ3n) is 5.16. The summed E-state index contributed by atoms with van der Waals surface area (Å²) in [5, 5.41) is 7.26. The van der Waals surface area contributed by atoms with Crippen LogP contribution in [0.25, 0.3) is 0 Å². The molecule has 1 aliphatic rings. The fraction of sp³-hybridized carbons (Fsp3) is 0.364. The molecule has 1 aliphatic heterocycles. The lowest BCUT2D eigenvalue weighted by Crippen LogP contribution is -2.32. The van der Waals surface area contributed by atoms with Gasteiger partial charge in [-0.2, -0.15) is 0 Å². The Morgan fingerprint density at radius 3 is 2.48 bits per heavy atom.